The summed E-state index contributed by atoms with van der Waals surface area (Å²) in [4.78, 5) is 48.1. The van der Waals surface area contributed by atoms with Crippen LogP contribution in [0.15, 0.2) is 66.3 Å². The fraction of sp³-hybridized carbons (Fsp3) is 0.308. The Labute approximate surface area is 206 Å². The van der Waals surface area contributed by atoms with Gasteiger partial charge in [-0.1, -0.05) is 18.2 Å². The molecule has 0 spiro atoms. The summed E-state index contributed by atoms with van der Waals surface area (Å²) in [5, 5.41) is 4.99. The van der Waals surface area contributed by atoms with Gasteiger partial charge in [0.25, 0.3) is 11.8 Å². The van der Waals surface area contributed by atoms with E-state index in [1.165, 1.54) is 23.1 Å². The number of pyridine rings is 1. The molecule has 0 saturated carbocycles. The molecule has 0 aliphatic carbocycles. The number of thiophene rings is 1. The Hall–Kier alpha value is -3.59. The first-order valence-electron chi connectivity index (χ1n) is 11.6. The summed E-state index contributed by atoms with van der Waals surface area (Å²) >= 11 is 1.59. The van der Waals surface area contributed by atoms with E-state index in [-0.39, 0.29) is 17.7 Å². The number of amides is 4. The van der Waals surface area contributed by atoms with E-state index in [0.29, 0.717) is 50.0 Å². The zero-order valence-electron chi connectivity index (χ0n) is 19.0. The number of likely N-dealkylation sites (tertiary alicyclic amines) is 1. The van der Waals surface area contributed by atoms with Gasteiger partial charge in [-0.2, -0.15) is 0 Å². The number of halogens is 1. The average Bonchev–Trinajstić information content (AvgIpc) is 3.49. The Bertz CT molecular complexity index is 1230. The number of carbonyl (C=O) groups excluding carboxylic acids is 3. The minimum Gasteiger partial charge on any atom is -0.339 e. The third-order valence-corrected chi connectivity index (χ3v) is 7.81. The van der Waals surface area contributed by atoms with Crippen LogP contribution in [-0.4, -0.2) is 52.3 Å². The van der Waals surface area contributed by atoms with Crippen molar-refractivity contribution in [3.05, 3.63) is 88.1 Å². The predicted octanol–water partition coefficient (Wildman–Crippen LogP) is 3.82. The van der Waals surface area contributed by atoms with Crippen LogP contribution in [0.1, 0.15) is 33.6 Å². The minimum atomic E-state index is -1.23. The van der Waals surface area contributed by atoms with Crippen LogP contribution in [0.2, 0.25) is 0 Å². The molecule has 2 aliphatic heterocycles. The predicted molar refractivity (Wildman–Crippen MR) is 129 cm³/mol. The number of benzene rings is 1. The molecule has 3 aromatic rings. The summed E-state index contributed by atoms with van der Waals surface area (Å²) in [6.45, 7) is 1.10. The van der Waals surface area contributed by atoms with Gasteiger partial charge in [-0.05, 0) is 60.9 Å². The maximum Gasteiger partial charge on any atom is 0.325 e. The Morgan fingerprint density at radius 3 is 2.66 bits per heavy atom. The zero-order chi connectivity index (χ0) is 24.4. The molecule has 7 nitrogen and oxygen atoms in total. The molecule has 1 aromatic carbocycles. The number of nitrogens with one attached hydrogen (secondary N) is 1. The van der Waals surface area contributed by atoms with Crippen molar-refractivity contribution in [1.82, 2.24) is 20.1 Å². The van der Waals surface area contributed by atoms with Gasteiger partial charge in [0.05, 0.1) is 0 Å². The zero-order valence-corrected chi connectivity index (χ0v) is 19.8. The molecule has 5 rings (SSSR count). The van der Waals surface area contributed by atoms with Crippen molar-refractivity contribution in [3.8, 4) is 0 Å². The van der Waals surface area contributed by atoms with Crippen LogP contribution in [-0.2, 0) is 16.8 Å². The highest BCUT2D eigenvalue weighted by molar-refractivity contribution is 7.09. The van der Waals surface area contributed by atoms with Crippen molar-refractivity contribution >= 4 is 29.2 Å². The highest BCUT2D eigenvalue weighted by Crippen LogP contribution is 2.41. The van der Waals surface area contributed by atoms with E-state index < -0.39 is 17.4 Å². The molecule has 2 aromatic heterocycles. The summed E-state index contributed by atoms with van der Waals surface area (Å²) in [5.74, 6) is -1.19. The van der Waals surface area contributed by atoms with Crippen LogP contribution in [0.4, 0.5) is 9.18 Å². The van der Waals surface area contributed by atoms with Crippen molar-refractivity contribution in [2.24, 2.45) is 5.92 Å². The molecule has 4 amide bonds. The second kappa shape index (κ2) is 9.58. The van der Waals surface area contributed by atoms with Gasteiger partial charge in [0.1, 0.15) is 5.82 Å². The van der Waals surface area contributed by atoms with Crippen LogP contribution < -0.4 is 5.32 Å². The van der Waals surface area contributed by atoms with E-state index >= 15 is 0 Å². The first-order chi connectivity index (χ1) is 17.0. The standard InChI is InChI=1S/C26H25FN4O3S/c27-21-6-1-4-18(16-21)23(32)30-12-8-19(9-13-30)26(20-5-2-11-28-17-20)24(33)31(25(34)29-26)14-10-22-7-3-15-35-22/h1-7,11,15-17,19H,8-10,12-14H2,(H,29,34). The molecule has 0 bridgehead atoms. The molecular weight excluding hydrogens is 467 g/mol. The van der Waals surface area contributed by atoms with Gasteiger partial charge in [0.2, 0.25) is 0 Å². The van der Waals surface area contributed by atoms with Crippen LogP contribution in [0.25, 0.3) is 0 Å². The first kappa shape index (κ1) is 23.2. The highest BCUT2D eigenvalue weighted by atomic mass is 32.1. The summed E-state index contributed by atoms with van der Waals surface area (Å²) in [5.41, 5.74) is -0.281. The molecule has 2 fully saturated rings. The third kappa shape index (κ3) is 4.32. The SMILES string of the molecule is O=C(c1cccc(F)c1)N1CCC(C2(c3cccnc3)NC(=O)N(CCc3cccs3)C2=O)CC1. The summed E-state index contributed by atoms with van der Waals surface area (Å²) < 4.78 is 13.6. The topological polar surface area (TPSA) is 82.6 Å². The lowest BCUT2D eigenvalue weighted by Gasteiger charge is -2.41. The number of nitrogens with zero attached hydrogens (tertiary/aromatic N) is 3. The van der Waals surface area contributed by atoms with Gasteiger partial charge in [-0.15, -0.1) is 11.3 Å². The Morgan fingerprint density at radius 1 is 1.14 bits per heavy atom. The van der Waals surface area contributed by atoms with Crippen molar-refractivity contribution in [2.75, 3.05) is 19.6 Å². The molecule has 1 N–H and O–H groups in total. The Kier molecular flexibility index (Phi) is 6.34. The Morgan fingerprint density at radius 2 is 1.97 bits per heavy atom. The molecular formula is C26H25FN4O3S. The smallest absolute Gasteiger partial charge is 0.325 e. The largest absolute Gasteiger partial charge is 0.339 e. The maximum absolute atomic E-state index is 13.9. The molecule has 180 valence electrons. The number of piperidine rings is 1. The van der Waals surface area contributed by atoms with Crippen LogP contribution in [0.3, 0.4) is 0 Å². The van der Waals surface area contributed by atoms with Crippen LogP contribution >= 0.6 is 11.3 Å². The van der Waals surface area contributed by atoms with Gasteiger partial charge < -0.3 is 10.2 Å². The van der Waals surface area contributed by atoms with Crippen molar-refractivity contribution in [3.63, 3.8) is 0 Å². The highest BCUT2D eigenvalue weighted by Gasteiger charge is 2.57. The average molecular weight is 493 g/mol. The van der Waals surface area contributed by atoms with E-state index in [1.807, 2.05) is 23.6 Å². The van der Waals surface area contributed by atoms with E-state index in [1.54, 1.807) is 40.8 Å². The van der Waals surface area contributed by atoms with E-state index in [9.17, 15) is 18.8 Å². The number of rotatable bonds is 6. The molecule has 2 saturated heterocycles. The summed E-state index contributed by atoms with van der Waals surface area (Å²) in [7, 11) is 0. The summed E-state index contributed by atoms with van der Waals surface area (Å²) in [6, 6.07) is 12.8. The number of imide groups is 1. The quantitative estimate of drug-likeness (QED) is 0.531. The van der Waals surface area contributed by atoms with Gasteiger partial charge in [0, 0.05) is 48.0 Å². The van der Waals surface area contributed by atoms with E-state index in [2.05, 4.69) is 10.3 Å². The molecule has 4 heterocycles. The van der Waals surface area contributed by atoms with E-state index in [0.717, 1.165) is 4.88 Å². The second-order valence-electron chi connectivity index (χ2n) is 8.84. The second-order valence-corrected chi connectivity index (χ2v) is 9.88. The number of urea groups is 1. The van der Waals surface area contributed by atoms with Gasteiger partial charge in [0.15, 0.2) is 5.54 Å². The lowest BCUT2D eigenvalue weighted by Crippen LogP contribution is -2.54. The van der Waals surface area contributed by atoms with Gasteiger partial charge in [-0.25, -0.2) is 9.18 Å². The monoisotopic (exact) mass is 492 g/mol. The molecule has 0 radical (unpaired) electrons. The lowest BCUT2D eigenvalue weighted by atomic mass is 9.73. The van der Waals surface area contributed by atoms with Crippen molar-refractivity contribution in [1.29, 1.82) is 0 Å². The van der Waals surface area contributed by atoms with Gasteiger partial charge in [-0.3, -0.25) is 19.5 Å². The van der Waals surface area contributed by atoms with Crippen LogP contribution in [0.5, 0.6) is 0 Å². The number of hydrogen-bond acceptors (Lipinski definition) is 5. The van der Waals surface area contributed by atoms with Crippen molar-refractivity contribution < 1.29 is 18.8 Å². The number of aromatic nitrogens is 1. The van der Waals surface area contributed by atoms with Gasteiger partial charge >= 0.3 is 6.03 Å². The normalized spacial score (nSPS) is 20.8. The number of carbonyl (C=O) groups is 3. The molecule has 9 heteroatoms. The third-order valence-electron chi connectivity index (χ3n) is 6.88. The maximum atomic E-state index is 13.9. The molecule has 35 heavy (non-hydrogen) atoms. The molecule has 2 aliphatic rings. The van der Waals surface area contributed by atoms with Crippen LogP contribution in [0, 0.1) is 11.7 Å². The minimum absolute atomic E-state index is 0.216. The fourth-order valence-corrected chi connectivity index (χ4v) is 5.80. The summed E-state index contributed by atoms with van der Waals surface area (Å²) in [6.07, 6.45) is 4.89. The Balaban J connectivity index is 1.37. The van der Waals surface area contributed by atoms with Crippen molar-refractivity contribution in [2.45, 2.75) is 24.8 Å². The van der Waals surface area contributed by atoms with E-state index in [4.69, 9.17) is 0 Å². The number of hydrogen-bond donors (Lipinski definition) is 1. The first-order valence-corrected chi connectivity index (χ1v) is 12.5. The molecule has 1 unspecified atom stereocenters. The molecule has 1 atom stereocenters. The lowest BCUT2D eigenvalue weighted by molar-refractivity contribution is -0.134. The fourth-order valence-electron chi connectivity index (χ4n) is 5.10.